The van der Waals surface area contributed by atoms with Gasteiger partial charge in [0.1, 0.15) is 16.5 Å². The Hall–Kier alpha value is -2.02. The van der Waals surface area contributed by atoms with Gasteiger partial charge in [0.05, 0.1) is 11.5 Å². The third kappa shape index (κ3) is 3.58. The van der Waals surface area contributed by atoms with Crippen molar-refractivity contribution in [2.45, 2.75) is 20.0 Å². The van der Waals surface area contributed by atoms with Crippen LogP contribution in [0.25, 0.3) is 20.7 Å². The lowest BCUT2D eigenvalue weighted by atomic mass is 10.2. The maximum atomic E-state index is 9.60. The van der Waals surface area contributed by atoms with Gasteiger partial charge in [-0.3, -0.25) is 4.90 Å². The Balaban J connectivity index is 1.64. The van der Waals surface area contributed by atoms with Crippen LogP contribution in [0.4, 0.5) is 5.82 Å². The van der Waals surface area contributed by atoms with Gasteiger partial charge in [-0.1, -0.05) is 30.3 Å². The molecule has 0 spiro atoms. The zero-order valence-corrected chi connectivity index (χ0v) is 16.0. The average molecular weight is 369 g/mol. The van der Waals surface area contributed by atoms with Crippen LogP contribution in [0.2, 0.25) is 0 Å². The largest absolute Gasteiger partial charge is 0.392 e. The number of piperazine rings is 1. The van der Waals surface area contributed by atoms with Crippen molar-refractivity contribution in [3.8, 4) is 10.4 Å². The first kappa shape index (κ1) is 17.4. The molecule has 26 heavy (non-hydrogen) atoms. The van der Waals surface area contributed by atoms with E-state index in [1.807, 2.05) is 19.9 Å². The Bertz CT molecular complexity index is 885. The number of fused-ring (bicyclic) bond motifs is 1. The summed E-state index contributed by atoms with van der Waals surface area (Å²) in [6.07, 6.45) is -0.278. The summed E-state index contributed by atoms with van der Waals surface area (Å²) in [6, 6.07) is 12.7. The molecule has 1 saturated heterocycles. The molecule has 0 aliphatic carbocycles. The molecule has 1 fully saturated rings. The highest BCUT2D eigenvalue weighted by atomic mass is 32.1. The SMILES string of the molecule is Cc1nc(N2CCN(C[C@@H](C)O)CC2)c2cc(-c3ccccc3)sc2n1. The summed E-state index contributed by atoms with van der Waals surface area (Å²) in [6.45, 7) is 8.30. The van der Waals surface area contributed by atoms with Crippen LogP contribution >= 0.6 is 11.3 Å². The van der Waals surface area contributed by atoms with Crippen LogP contribution in [-0.4, -0.2) is 58.8 Å². The zero-order valence-electron chi connectivity index (χ0n) is 15.2. The van der Waals surface area contributed by atoms with Crippen LogP contribution in [0, 0.1) is 6.92 Å². The van der Waals surface area contributed by atoms with Gasteiger partial charge in [0.2, 0.25) is 0 Å². The highest BCUT2D eigenvalue weighted by molar-refractivity contribution is 7.21. The summed E-state index contributed by atoms with van der Waals surface area (Å²) in [5.41, 5.74) is 1.22. The summed E-state index contributed by atoms with van der Waals surface area (Å²) in [7, 11) is 0. The molecule has 6 heteroatoms. The van der Waals surface area contributed by atoms with Crippen molar-refractivity contribution >= 4 is 27.4 Å². The number of aliphatic hydroxyl groups is 1. The topological polar surface area (TPSA) is 52.5 Å². The van der Waals surface area contributed by atoms with E-state index in [0.717, 1.165) is 54.6 Å². The smallest absolute Gasteiger partial charge is 0.141 e. The second-order valence-corrected chi connectivity index (χ2v) is 7.96. The van der Waals surface area contributed by atoms with E-state index < -0.39 is 0 Å². The maximum Gasteiger partial charge on any atom is 0.141 e. The molecule has 0 bridgehead atoms. The van der Waals surface area contributed by atoms with Crippen molar-refractivity contribution in [1.29, 1.82) is 0 Å². The van der Waals surface area contributed by atoms with Gasteiger partial charge < -0.3 is 10.0 Å². The number of aryl methyl sites for hydroxylation is 1. The van der Waals surface area contributed by atoms with Crippen LogP contribution in [0.5, 0.6) is 0 Å². The minimum Gasteiger partial charge on any atom is -0.392 e. The molecule has 0 unspecified atom stereocenters. The summed E-state index contributed by atoms with van der Waals surface area (Å²) < 4.78 is 0. The number of nitrogens with zero attached hydrogens (tertiary/aromatic N) is 4. The molecule has 3 heterocycles. The summed E-state index contributed by atoms with van der Waals surface area (Å²) in [5, 5.41) is 10.7. The fourth-order valence-corrected chi connectivity index (χ4v) is 4.59. The monoisotopic (exact) mass is 368 g/mol. The normalized spacial score (nSPS) is 17.0. The van der Waals surface area contributed by atoms with Gasteiger partial charge >= 0.3 is 0 Å². The van der Waals surface area contributed by atoms with E-state index in [1.54, 1.807) is 11.3 Å². The fraction of sp³-hybridized carbons (Fsp3) is 0.400. The minimum absolute atomic E-state index is 0.278. The third-order valence-corrected chi connectivity index (χ3v) is 5.81. The van der Waals surface area contributed by atoms with Crippen molar-refractivity contribution in [1.82, 2.24) is 14.9 Å². The number of thiophene rings is 1. The number of hydrogen-bond acceptors (Lipinski definition) is 6. The van der Waals surface area contributed by atoms with Gasteiger partial charge in [0.25, 0.3) is 0 Å². The van der Waals surface area contributed by atoms with Crippen LogP contribution in [0.15, 0.2) is 36.4 Å². The number of aliphatic hydroxyl groups excluding tert-OH is 1. The molecule has 1 aliphatic heterocycles. The molecule has 0 amide bonds. The standard InChI is InChI=1S/C20H24N4OS/c1-14(25)13-23-8-10-24(11-9-23)19-17-12-18(16-6-4-3-5-7-16)26-20(17)22-15(2)21-19/h3-7,12,14,25H,8-11,13H2,1-2H3/t14-/m1/s1. The van der Waals surface area contributed by atoms with E-state index in [1.165, 1.54) is 10.4 Å². The highest BCUT2D eigenvalue weighted by Crippen LogP contribution is 2.36. The van der Waals surface area contributed by atoms with Crippen LogP contribution in [0.3, 0.4) is 0 Å². The van der Waals surface area contributed by atoms with Crippen molar-refractivity contribution in [2.75, 3.05) is 37.6 Å². The number of aromatic nitrogens is 2. The Kier molecular flexibility index (Phi) is 4.89. The quantitative estimate of drug-likeness (QED) is 0.767. The molecule has 1 aliphatic rings. The molecular weight excluding hydrogens is 344 g/mol. The zero-order chi connectivity index (χ0) is 18.1. The Morgan fingerprint density at radius 1 is 1.12 bits per heavy atom. The predicted molar refractivity (Wildman–Crippen MR) is 108 cm³/mol. The van der Waals surface area contributed by atoms with E-state index in [0.29, 0.717) is 0 Å². The van der Waals surface area contributed by atoms with Gasteiger partial charge in [-0.25, -0.2) is 9.97 Å². The lowest BCUT2D eigenvalue weighted by molar-refractivity contribution is 0.122. The molecule has 0 saturated carbocycles. The van der Waals surface area contributed by atoms with E-state index in [-0.39, 0.29) is 6.10 Å². The fourth-order valence-electron chi connectivity index (χ4n) is 3.51. The molecule has 1 atom stereocenters. The first-order chi connectivity index (χ1) is 12.6. The van der Waals surface area contributed by atoms with E-state index in [4.69, 9.17) is 4.98 Å². The van der Waals surface area contributed by atoms with Crippen molar-refractivity contribution in [3.63, 3.8) is 0 Å². The second kappa shape index (κ2) is 7.31. The van der Waals surface area contributed by atoms with Crippen LogP contribution < -0.4 is 4.90 Å². The highest BCUT2D eigenvalue weighted by Gasteiger charge is 2.22. The third-order valence-electron chi connectivity index (χ3n) is 4.74. The van der Waals surface area contributed by atoms with Crippen molar-refractivity contribution in [3.05, 3.63) is 42.2 Å². The average Bonchev–Trinajstić information content (AvgIpc) is 3.06. The lowest BCUT2D eigenvalue weighted by Gasteiger charge is -2.36. The van der Waals surface area contributed by atoms with E-state index >= 15 is 0 Å². The molecule has 1 aromatic carbocycles. The van der Waals surface area contributed by atoms with Crippen LogP contribution in [0.1, 0.15) is 12.7 Å². The molecular formula is C20H24N4OS. The maximum absolute atomic E-state index is 9.60. The minimum atomic E-state index is -0.278. The van der Waals surface area contributed by atoms with Crippen molar-refractivity contribution in [2.24, 2.45) is 0 Å². The van der Waals surface area contributed by atoms with Gasteiger partial charge in [0, 0.05) is 37.6 Å². The number of hydrogen-bond donors (Lipinski definition) is 1. The predicted octanol–water partition coefficient (Wildman–Crippen LogP) is 3.17. The molecule has 4 rings (SSSR count). The van der Waals surface area contributed by atoms with Crippen LogP contribution in [-0.2, 0) is 0 Å². The van der Waals surface area contributed by atoms with Crippen molar-refractivity contribution < 1.29 is 5.11 Å². The molecule has 5 nitrogen and oxygen atoms in total. The molecule has 1 N–H and O–H groups in total. The van der Waals surface area contributed by atoms with Gasteiger partial charge in [0.15, 0.2) is 0 Å². The summed E-state index contributed by atoms with van der Waals surface area (Å²) in [5.74, 6) is 1.86. The van der Waals surface area contributed by atoms with Gasteiger partial charge in [-0.15, -0.1) is 11.3 Å². The molecule has 136 valence electrons. The number of rotatable bonds is 4. The number of β-amino-alcohol motifs (C(OH)–C–C–N with tert-alkyl or cyclic N) is 1. The van der Waals surface area contributed by atoms with Gasteiger partial charge in [-0.05, 0) is 25.5 Å². The number of benzene rings is 1. The first-order valence-electron chi connectivity index (χ1n) is 9.09. The first-order valence-corrected chi connectivity index (χ1v) is 9.91. The summed E-state index contributed by atoms with van der Waals surface area (Å²) >= 11 is 1.73. The lowest BCUT2D eigenvalue weighted by Crippen LogP contribution is -2.48. The Morgan fingerprint density at radius 3 is 2.54 bits per heavy atom. The van der Waals surface area contributed by atoms with Gasteiger partial charge in [-0.2, -0.15) is 0 Å². The van der Waals surface area contributed by atoms with E-state index in [9.17, 15) is 5.11 Å². The molecule has 2 aromatic heterocycles. The number of anilines is 1. The molecule has 3 aromatic rings. The molecule has 0 radical (unpaired) electrons. The van der Waals surface area contributed by atoms with E-state index in [2.05, 4.69) is 45.1 Å². The second-order valence-electron chi connectivity index (χ2n) is 6.93. The summed E-state index contributed by atoms with van der Waals surface area (Å²) in [4.78, 5) is 16.4. The Labute approximate surface area is 157 Å². The Morgan fingerprint density at radius 2 is 1.85 bits per heavy atom.